The van der Waals surface area contributed by atoms with Crippen molar-refractivity contribution in [1.29, 1.82) is 0 Å². The highest BCUT2D eigenvalue weighted by molar-refractivity contribution is 6.31. The highest BCUT2D eigenvalue weighted by Crippen LogP contribution is 2.52. The zero-order chi connectivity index (χ0) is 27.7. The molecule has 0 aromatic heterocycles. The van der Waals surface area contributed by atoms with Gasteiger partial charge in [0.15, 0.2) is 17.7 Å². The molecule has 0 saturated carbocycles. The molecule has 2 aromatic rings. The van der Waals surface area contributed by atoms with Gasteiger partial charge >= 0.3 is 5.97 Å². The van der Waals surface area contributed by atoms with E-state index in [1.807, 2.05) is 0 Å². The van der Waals surface area contributed by atoms with Crippen molar-refractivity contribution in [3.8, 4) is 17.2 Å². The summed E-state index contributed by atoms with van der Waals surface area (Å²) in [6.07, 6.45) is -5.42. The van der Waals surface area contributed by atoms with Gasteiger partial charge < -0.3 is 45.5 Å². The summed E-state index contributed by atoms with van der Waals surface area (Å²) in [5, 5.41) is 53.5. The molecule has 0 radical (unpaired) electrons. The molecule has 1 aliphatic heterocycles. The summed E-state index contributed by atoms with van der Waals surface area (Å²) in [6.45, 7) is 1.57. The van der Waals surface area contributed by atoms with Gasteiger partial charge in [-0.05, 0) is 13.0 Å². The van der Waals surface area contributed by atoms with Crippen LogP contribution in [0.2, 0.25) is 0 Å². The van der Waals surface area contributed by atoms with Gasteiger partial charge in [-0.15, -0.1) is 0 Å². The third-order valence-corrected chi connectivity index (χ3v) is 7.54. The molecule has 1 heterocycles. The molecule has 0 bridgehead atoms. The van der Waals surface area contributed by atoms with Gasteiger partial charge in [-0.3, -0.25) is 9.59 Å². The van der Waals surface area contributed by atoms with Crippen molar-refractivity contribution in [3.05, 3.63) is 51.6 Å². The van der Waals surface area contributed by atoms with Crippen molar-refractivity contribution in [2.75, 3.05) is 7.11 Å². The minimum atomic E-state index is -2.44. The lowest BCUT2D eigenvalue weighted by Crippen LogP contribution is -2.52. The maximum Gasteiger partial charge on any atom is 0.336 e. The fourth-order valence-electron chi connectivity index (χ4n) is 5.55. The third kappa shape index (κ3) is 3.76. The summed E-state index contributed by atoms with van der Waals surface area (Å²) in [5.41, 5.74) is 1.98. The molecule has 1 unspecified atom stereocenters. The highest BCUT2D eigenvalue weighted by atomic mass is 16.7. The van der Waals surface area contributed by atoms with Crippen LogP contribution in [0.4, 0.5) is 0 Å². The van der Waals surface area contributed by atoms with Crippen LogP contribution in [0, 0.1) is 0 Å². The number of carboxylic acids is 1. The topological polar surface area (TPSA) is 206 Å². The molecular formula is C26H27NO11. The first kappa shape index (κ1) is 26.1. The molecule has 2 aromatic carbocycles. The van der Waals surface area contributed by atoms with E-state index in [2.05, 4.69) is 0 Å². The molecule has 6 atom stereocenters. The first-order valence-corrected chi connectivity index (χ1v) is 12.0. The second kappa shape index (κ2) is 9.03. The number of phenolic OH excluding ortho intramolecular Hbond substituents is 2. The number of methoxy groups -OCH3 is 1. The zero-order valence-corrected chi connectivity index (χ0v) is 20.5. The molecule has 5 rings (SSSR count). The number of phenols is 2. The van der Waals surface area contributed by atoms with E-state index in [4.69, 9.17) is 19.9 Å². The fourth-order valence-corrected chi connectivity index (χ4v) is 5.55. The van der Waals surface area contributed by atoms with Crippen molar-refractivity contribution in [2.24, 2.45) is 5.73 Å². The van der Waals surface area contributed by atoms with Crippen LogP contribution in [0.25, 0.3) is 0 Å². The van der Waals surface area contributed by atoms with Crippen molar-refractivity contribution in [1.82, 2.24) is 0 Å². The van der Waals surface area contributed by atoms with Crippen LogP contribution in [0.1, 0.15) is 68.8 Å². The third-order valence-electron chi connectivity index (χ3n) is 7.54. The molecule has 7 N–H and O–H groups in total. The summed E-state index contributed by atoms with van der Waals surface area (Å²) in [5.74, 6) is -4.52. The predicted molar refractivity (Wildman–Crippen MR) is 127 cm³/mol. The Hall–Kier alpha value is -3.55. The first-order chi connectivity index (χ1) is 17.9. The van der Waals surface area contributed by atoms with Crippen molar-refractivity contribution >= 4 is 17.5 Å². The Morgan fingerprint density at radius 1 is 1.13 bits per heavy atom. The number of carbonyl (C=O) groups excluding carboxylic acids is 2. The lowest BCUT2D eigenvalue weighted by atomic mass is 9.73. The summed E-state index contributed by atoms with van der Waals surface area (Å²) >= 11 is 0. The van der Waals surface area contributed by atoms with Crippen LogP contribution in [0.15, 0.2) is 18.2 Å². The number of fused-ring (bicyclic) bond motifs is 3. The maximum atomic E-state index is 13.6. The van der Waals surface area contributed by atoms with Gasteiger partial charge in [0.2, 0.25) is 5.78 Å². The normalized spacial score (nSPS) is 30.3. The number of benzene rings is 2. The standard InChI is InChI=1S/C26H27NO11/c1-9-20(28)12(27)6-15(37-9)38-14-8-26(35,25(33)34)7-11-17(14)24(32)19-18(22(11)30)21(29)10-4-3-5-13(36-2)16(10)23(19)31/h3-5,9,12,14-15,20,28,30,32,35H,6-8,27H2,1-2H3,(H,33,34)/t9?,12-,14+,15+,20-,26+/m1/s1. The van der Waals surface area contributed by atoms with E-state index < -0.39 is 89.2 Å². The Kier molecular flexibility index (Phi) is 6.20. The average Bonchev–Trinajstić information content (AvgIpc) is 2.87. The summed E-state index contributed by atoms with van der Waals surface area (Å²) < 4.78 is 16.9. The van der Waals surface area contributed by atoms with Crippen LogP contribution in [-0.4, -0.2) is 80.3 Å². The number of ether oxygens (including phenoxy) is 3. The molecule has 12 nitrogen and oxygen atoms in total. The maximum absolute atomic E-state index is 13.6. The summed E-state index contributed by atoms with van der Waals surface area (Å²) in [7, 11) is 1.32. The van der Waals surface area contributed by atoms with Gasteiger partial charge in [-0.2, -0.15) is 0 Å². The summed E-state index contributed by atoms with van der Waals surface area (Å²) in [4.78, 5) is 39.1. The largest absolute Gasteiger partial charge is 0.507 e. The van der Waals surface area contributed by atoms with Gasteiger partial charge in [0.05, 0.1) is 42.1 Å². The predicted octanol–water partition coefficient (Wildman–Crippen LogP) is 0.524. The lowest BCUT2D eigenvalue weighted by molar-refractivity contribution is -0.248. The van der Waals surface area contributed by atoms with E-state index >= 15 is 0 Å². The molecule has 38 heavy (non-hydrogen) atoms. The molecule has 1 fully saturated rings. The number of ketones is 2. The second-order valence-corrected chi connectivity index (χ2v) is 9.88. The van der Waals surface area contributed by atoms with Crippen LogP contribution >= 0.6 is 0 Å². The number of hydrogen-bond acceptors (Lipinski definition) is 11. The van der Waals surface area contributed by atoms with E-state index in [1.54, 1.807) is 6.92 Å². The monoisotopic (exact) mass is 529 g/mol. The first-order valence-electron chi connectivity index (χ1n) is 12.0. The van der Waals surface area contributed by atoms with Gasteiger partial charge in [0.1, 0.15) is 17.2 Å². The molecule has 0 spiro atoms. The number of rotatable bonds is 4. The molecule has 1 saturated heterocycles. The summed E-state index contributed by atoms with van der Waals surface area (Å²) in [6, 6.07) is 3.60. The van der Waals surface area contributed by atoms with Gasteiger partial charge in [-0.25, -0.2) is 4.79 Å². The fraction of sp³-hybridized carbons (Fsp3) is 0.423. The molecule has 3 aliphatic rings. The van der Waals surface area contributed by atoms with Gasteiger partial charge in [0, 0.05) is 42.0 Å². The Labute approximate surface area is 216 Å². The number of aliphatic hydroxyl groups is 2. The van der Waals surface area contributed by atoms with Crippen molar-refractivity contribution in [2.45, 2.75) is 62.4 Å². The molecular weight excluding hydrogens is 502 g/mol. The van der Waals surface area contributed by atoms with Crippen LogP contribution in [-0.2, 0) is 20.7 Å². The minimum Gasteiger partial charge on any atom is -0.507 e. The quantitative estimate of drug-likeness (QED) is 0.256. The van der Waals surface area contributed by atoms with Crippen LogP contribution in [0.5, 0.6) is 17.2 Å². The van der Waals surface area contributed by atoms with Crippen LogP contribution in [0.3, 0.4) is 0 Å². The Morgan fingerprint density at radius 3 is 2.45 bits per heavy atom. The number of hydrogen-bond donors (Lipinski definition) is 6. The highest BCUT2D eigenvalue weighted by Gasteiger charge is 2.50. The molecule has 2 aliphatic carbocycles. The second-order valence-electron chi connectivity index (χ2n) is 9.88. The lowest BCUT2D eigenvalue weighted by Gasteiger charge is -2.41. The van der Waals surface area contributed by atoms with E-state index in [0.29, 0.717) is 0 Å². The molecule has 0 amide bonds. The SMILES string of the molecule is COc1cccc2c1C(=O)c1c(O)c3c(c(O)c1C2=O)C[C@@](O)(C(=O)O)C[C@@H]3O[C@H]1C[C@@H](N)[C@H](O)C(C)O1. The Balaban J connectivity index is 1.68. The zero-order valence-electron chi connectivity index (χ0n) is 20.5. The van der Waals surface area contributed by atoms with Crippen molar-refractivity contribution in [3.63, 3.8) is 0 Å². The van der Waals surface area contributed by atoms with E-state index in [1.165, 1.54) is 25.3 Å². The number of carbonyl (C=O) groups is 3. The van der Waals surface area contributed by atoms with Gasteiger partial charge in [-0.1, -0.05) is 12.1 Å². The minimum absolute atomic E-state index is 0.00250. The number of aliphatic carboxylic acids is 1. The van der Waals surface area contributed by atoms with E-state index in [-0.39, 0.29) is 34.4 Å². The average molecular weight is 529 g/mol. The molecule has 202 valence electrons. The van der Waals surface area contributed by atoms with E-state index in [9.17, 15) is 39.9 Å². The number of carboxylic acid groups (broad SMARTS) is 1. The van der Waals surface area contributed by atoms with Crippen molar-refractivity contribution < 1.29 is 54.1 Å². The Bertz CT molecular complexity index is 1360. The smallest absolute Gasteiger partial charge is 0.336 e. The Morgan fingerprint density at radius 2 is 1.82 bits per heavy atom. The number of aliphatic hydroxyl groups excluding tert-OH is 1. The van der Waals surface area contributed by atoms with Gasteiger partial charge in [0.25, 0.3) is 0 Å². The van der Waals surface area contributed by atoms with E-state index in [0.717, 1.165) is 0 Å². The number of nitrogens with two attached hydrogens (primary N) is 1. The molecule has 12 heteroatoms. The van der Waals surface area contributed by atoms with Crippen LogP contribution < -0.4 is 10.5 Å². The number of aromatic hydroxyl groups is 2.